The van der Waals surface area contributed by atoms with Crippen LogP contribution in [0.2, 0.25) is 5.02 Å². The predicted octanol–water partition coefficient (Wildman–Crippen LogP) is 5.09. The minimum absolute atomic E-state index is 0.0593. The molecule has 0 unspecified atom stereocenters. The zero-order valence-electron chi connectivity index (χ0n) is 18.1. The highest BCUT2D eigenvalue weighted by molar-refractivity contribution is 6.31. The molecule has 1 amide bonds. The highest BCUT2D eigenvalue weighted by atomic mass is 35.5. The Balaban J connectivity index is 1.41. The van der Waals surface area contributed by atoms with Gasteiger partial charge in [-0.25, -0.2) is 0 Å². The smallest absolute Gasteiger partial charge is 0.224 e. The molecule has 4 nitrogen and oxygen atoms in total. The van der Waals surface area contributed by atoms with Crippen LogP contribution < -0.4 is 10.1 Å². The van der Waals surface area contributed by atoms with Crippen molar-refractivity contribution in [2.75, 3.05) is 19.6 Å². The van der Waals surface area contributed by atoms with Crippen molar-refractivity contribution in [2.24, 2.45) is 5.92 Å². The quantitative estimate of drug-likeness (QED) is 0.565. The molecule has 0 bridgehead atoms. The molecular weight excluding hydrogens is 396 g/mol. The third-order valence-corrected chi connectivity index (χ3v) is 5.81. The Morgan fingerprint density at radius 2 is 2.07 bits per heavy atom. The van der Waals surface area contributed by atoms with Gasteiger partial charge in [0.2, 0.25) is 5.91 Å². The van der Waals surface area contributed by atoms with E-state index < -0.39 is 0 Å². The van der Waals surface area contributed by atoms with E-state index in [2.05, 4.69) is 28.4 Å². The van der Waals surface area contributed by atoms with Crippen LogP contribution in [0.4, 0.5) is 0 Å². The van der Waals surface area contributed by atoms with Gasteiger partial charge in [0, 0.05) is 24.7 Å². The van der Waals surface area contributed by atoms with E-state index in [1.54, 1.807) is 0 Å². The number of nitrogens with one attached hydrogen (secondary N) is 1. The number of carbonyl (C=O) groups is 1. The van der Waals surface area contributed by atoms with Gasteiger partial charge in [0.15, 0.2) is 0 Å². The average Bonchev–Trinajstić information content (AvgIpc) is 2.73. The molecule has 162 valence electrons. The van der Waals surface area contributed by atoms with Gasteiger partial charge in [-0.1, -0.05) is 41.9 Å². The normalized spacial score (nSPS) is 17.1. The van der Waals surface area contributed by atoms with Crippen LogP contribution in [0.1, 0.15) is 44.2 Å². The molecule has 1 N–H and O–H groups in total. The van der Waals surface area contributed by atoms with E-state index in [4.69, 9.17) is 16.3 Å². The van der Waals surface area contributed by atoms with Gasteiger partial charge >= 0.3 is 0 Å². The molecule has 0 spiro atoms. The second kappa shape index (κ2) is 11.4. The first-order chi connectivity index (χ1) is 14.5. The third-order valence-electron chi connectivity index (χ3n) is 5.44. The number of piperidine rings is 1. The van der Waals surface area contributed by atoms with E-state index in [0.29, 0.717) is 6.54 Å². The molecule has 1 saturated heterocycles. The van der Waals surface area contributed by atoms with E-state index in [1.165, 1.54) is 5.56 Å². The number of carbonyl (C=O) groups excluding carboxylic acids is 1. The molecule has 5 heteroatoms. The molecular formula is C25H33ClN2O2. The topological polar surface area (TPSA) is 41.6 Å². The molecule has 0 aromatic heterocycles. The third kappa shape index (κ3) is 7.03. The number of hydrogen-bond acceptors (Lipinski definition) is 3. The van der Waals surface area contributed by atoms with Gasteiger partial charge in [-0.3, -0.25) is 9.69 Å². The maximum atomic E-state index is 12.7. The number of halogens is 1. The molecule has 0 saturated carbocycles. The Morgan fingerprint density at radius 3 is 2.87 bits per heavy atom. The van der Waals surface area contributed by atoms with E-state index >= 15 is 0 Å². The summed E-state index contributed by atoms with van der Waals surface area (Å²) in [5, 5.41) is 3.94. The number of ether oxygens (including phenoxy) is 1. The van der Waals surface area contributed by atoms with Crippen LogP contribution in [0.15, 0.2) is 48.5 Å². The Bertz CT molecular complexity index is 824. The van der Waals surface area contributed by atoms with Crippen molar-refractivity contribution in [3.8, 4) is 5.75 Å². The Labute approximate surface area is 185 Å². The van der Waals surface area contributed by atoms with E-state index in [0.717, 1.165) is 61.7 Å². The minimum Gasteiger partial charge on any atom is -0.491 e. The first-order valence-electron chi connectivity index (χ1n) is 11.0. The van der Waals surface area contributed by atoms with Gasteiger partial charge in [-0.2, -0.15) is 0 Å². The van der Waals surface area contributed by atoms with E-state index in [1.807, 2.05) is 44.2 Å². The highest BCUT2D eigenvalue weighted by Crippen LogP contribution is 2.22. The summed E-state index contributed by atoms with van der Waals surface area (Å²) in [4.78, 5) is 15.0. The van der Waals surface area contributed by atoms with Crippen molar-refractivity contribution in [1.29, 1.82) is 0 Å². The first-order valence-corrected chi connectivity index (χ1v) is 11.4. The molecule has 0 aliphatic carbocycles. The van der Waals surface area contributed by atoms with Crippen LogP contribution in [0.5, 0.6) is 5.75 Å². The first kappa shape index (κ1) is 22.6. The maximum Gasteiger partial charge on any atom is 0.224 e. The van der Waals surface area contributed by atoms with Crippen LogP contribution in [0, 0.1) is 5.92 Å². The van der Waals surface area contributed by atoms with Crippen LogP contribution >= 0.6 is 11.6 Å². The molecule has 2 aromatic carbocycles. The lowest BCUT2D eigenvalue weighted by atomic mass is 9.96. The largest absolute Gasteiger partial charge is 0.491 e. The van der Waals surface area contributed by atoms with Crippen molar-refractivity contribution in [3.05, 3.63) is 64.7 Å². The summed E-state index contributed by atoms with van der Waals surface area (Å²) in [6, 6.07) is 16.2. The molecule has 2 aromatic rings. The summed E-state index contributed by atoms with van der Waals surface area (Å²) < 4.78 is 5.76. The van der Waals surface area contributed by atoms with Crippen LogP contribution in [-0.4, -0.2) is 36.5 Å². The molecule has 0 radical (unpaired) electrons. The average molecular weight is 429 g/mol. The Hall–Kier alpha value is -2.04. The van der Waals surface area contributed by atoms with Gasteiger partial charge in [0.05, 0.1) is 12.0 Å². The Morgan fingerprint density at radius 1 is 1.23 bits per heavy atom. The zero-order valence-corrected chi connectivity index (χ0v) is 18.8. The van der Waals surface area contributed by atoms with Gasteiger partial charge in [0.25, 0.3) is 0 Å². The summed E-state index contributed by atoms with van der Waals surface area (Å²) >= 11 is 6.30. The molecule has 1 aliphatic rings. The summed E-state index contributed by atoms with van der Waals surface area (Å²) in [5.74, 6) is 1.15. The lowest BCUT2D eigenvalue weighted by Gasteiger charge is -2.32. The van der Waals surface area contributed by atoms with Gasteiger partial charge in [-0.05, 0) is 75.4 Å². The van der Waals surface area contributed by atoms with Crippen molar-refractivity contribution in [2.45, 2.75) is 52.2 Å². The van der Waals surface area contributed by atoms with Gasteiger partial charge in [0.1, 0.15) is 5.75 Å². The van der Waals surface area contributed by atoms with Crippen molar-refractivity contribution >= 4 is 17.5 Å². The fourth-order valence-electron chi connectivity index (χ4n) is 3.98. The number of benzene rings is 2. The maximum absolute atomic E-state index is 12.7. The minimum atomic E-state index is 0.0593. The SMILES string of the molecule is CC(C)Oc1cccc(CCCNC(=O)[C@H]2CCCN(Cc3ccccc3Cl)C2)c1. The fourth-order valence-corrected chi connectivity index (χ4v) is 4.17. The van der Waals surface area contributed by atoms with E-state index in [-0.39, 0.29) is 17.9 Å². The molecule has 1 fully saturated rings. The monoisotopic (exact) mass is 428 g/mol. The fraction of sp³-hybridized carbons (Fsp3) is 0.480. The molecule has 1 aliphatic heterocycles. The zero-order chi connectivity index (χ0) is 21.3. The summed E-state index contributed by atoms with van der Waals surface area (Å²) in [6.45, 7) is 7.38. The second-order valence-electron chi connectivity index (χ2n) is 8.37. The number of rotatable bonds is 9. The number of amides is 1. The van der Waals surface area contributed by atoms with E-state index in [9.17, 15) is 4.79 Å². The molecule has 30 heavy (non-hydrogen) atoms. The van der Waals surface area contributed by atoms with Crippen molar-refractivity contribution < 1.29 is 9.53 Å². The lowest BCUT2D eigenvalue weighted by Crippen LogP contribution is -2.43. The standard InChI is InChI=1S/C25H33ClN2O2/c1-19(2)30-23-12-5-8-20(16-23)9-6-14-27-25(29)22-11-7-15-28(18-22)17-21-10-3-4-13-24(21)26/h3-5,8,10,12-13,16,19,22H,6-7,9,11,14-15,17-18H2,1-2H3,(H,27,29)/t22-/m0/s1. The predicted molar refractivity (Wildman–Crippen MR) is 123 cm³/mol. The van der Waals surface area contributed by atoms with Gasteiger partial charge < -0.3 is 10.1 Å². The molecule has 1 atom stereocenters. The van der Waals surface area contributed by atoms with Crippen molar-refractivity contribution in [3.63, 3.8) is 0 Å². The lowest BCUT2D eigenvalue weighted by molar-refractivity contribution is -0.126. The summed E-state index contributed by atoms with van der Waals surface area (Å²) in [6.07, 6.45) is 4.03. The second-order valence-corrected chi connectivity index (χ2v) is 8.78. The number of likely N-dealkylation sites (tertiary alicyclic amines) is 1. The molecule has 3 rings (SSSR count). The van der Waals surface area contributed by atoms with Crippen LogP contribution in [0.3, 0.4) is 0 Å². The van der Waals surface area contributed by atoms with Crippen LogP contribution in [-0.2, 0) is 17.8 Å². The number of aryl methyl sites for hydroxylation is 1. The van der Waals surface area contributed by atoms with Gasteiger partial charge in [-0.15, -0.1) is 0 Å². The molecule has 1 heterocycles. The van der Waals surface area contributed by atoms with Crippen LogP contribution in [0.25, 0.3) is 0 Å². The summed E-state index contributed by atoms with van der Waals surface area (Å²) in [5.41, 5.74) is 2.37. The summed E-state index contributed by atoms with van der Waals surface area (Å²) in [7, 11) is 0. The number of nitrogens with zero attached hydrogens (tertiary/aromatic N) is 1. The highest BCUT2D eigenvalue weighted by Gasteiger charge is 2.25. The number of hydrogen-bond donors (Lipinski definition) is 1. The Kier molecular flexibility index (Phi) is 8.59. The van der Waals surface area contributed by atoms with Crippen molar-refractivity contribution in [1.82, 2.24) is 10.2 Å².